The van der Waals surface area contributed by atoms with Crippen LogP contribution in [0.25, 0.3) is 16.8 Å². The average Bonchev–Trinajstić information content (AvgIpc) is 2.58. The molecule has 5 heteroatoms. The maximum Gasteiger partial charge on any atom is 0.331 e. The van der Waals surface area contributed by atoms with Gasteiger partial charge in [-0.05, 0) is 13.0 Å². The number of rotatable bonds is 7. The Bertz CT molecular complexity index is 777. The Labute approximate surface area is 141 Å². The Balaban J connectivity index is 2.77. The van der Waals surface area contributed by atoms with E-state index in [1.165, 1.54) is 0 Å². The largest absolute Gasteiger partial charge is 0.496 e. The van der Waals surface area contributed by atoms with Crippen molar-refractivity contribution in [2.75, 3.05) is 27.9 Å². The molecule has 0 atom stereocenters. The molecule has 0 unspecified atom stereocenters. The molecule has 0 bridgehead atoms. The summed E-state index contributed by atoms with van der Waals surface area (Å²) >= 11 is 0. The number of carboxylic acids is 1. The minimum absolute atomic E-state index is 0.260. The molecular weight excluding hydrogens is 308 g/mol. The van der Waals surface area contributed by atoms with Gasteiger partial charge in [-0.25, -0.2) is 4.79 Å². The van der Waals surface area contributed by atoms with E-state index in [1.54, 1.807) is 27.4 Å². The molecule has 0 aliphatic rings. The van der Waals surface area contributed by atoms with Gasteiger partial charge in [-0.1, -0.05) is 24.3 Å². The van der Waals surface area contributed by atoms with Crippen LogP contribution in [0.15, 0.2) is 29.8 Å². The Kier molecular flexibility index (Phi) is 5.82. The summed E-state index contributed by atoms with van der Waals surface area (Å²) < 4.78 is 16.2. The smallest absolute Gasteiger partial charge is 0.331 e. The second-order valence-electron chi connectivity index (χ2n) is 5.37. The lowest BCUT2D eigenvalue weighted by Crippen LogP contribution is -2.05. The summed E-state index contributed by atoms with van der Waals surface area (Å²) in [6.45, 7) is 2.24. The maximum atomic E-state index is 11.5. The first-order chi connectivity index (χ1) is 11.5. The molecule has 0 saturated heterocycles. The summed E-state index contributed by atoms with van der Waals surface area (Å²) in [6, 6.07) is 7.74. The van der Waals surface area contributed by atoms with Crippen molar-refractivity contribution in [1.29, 1.82) is 0 Å². The van der Waals surface area contributed by atoms with Gasteiger partial charge < -0.3 is 19.3 Å². The number of methoxy groups -OCH3 is 3. The van der Waals surface area contributed by atoms with Gasteiger partial charge in [0.25, 0.3) is 0 Å². The van der Waals surface area contributed by atoms with Crippen LogP contribution in [0.2, 0.25) is 0 Å². The van der Waals surface area contributed by atoms with E-state index < -0.39 is 5.97 Å². The van der Waals surface area contributed by atoms with Gasteiger partial charge in [-0.2, -0.15) is 0 Å². The molecule has 0 aliphatic carbocycles. The first-order valence-electron chi connectivity index (χ1n) is 7.61. The molecule has 5 nitrogen and oxygen atoms in total. The molecule has 24 heavy (non-hydrogen) atoms. The summed E-state index contributed by atoms with van der Waals surface area (Å²) in [5, 5.41) is 11.3. The van der Waals surface area contributed by atoms with E-state index in [4.69, 9.17) is 14.2 Å². The van der Waals surface area contributed by atoms with Gasteiger partial charge in [0, 0.05) is 41.0 Å². The lowest BCUT2D eigenvalue weighted by Gasteiger charge is -2.17. The van der Waals surface area contributed by atoms with Crippen LogP contribution in [-0.2, 0) is 9.53 Å². The highest BCUT2D eigenvalue weighted by Gasteiger charge is 2.18. The highest BCUT2D eigenvalue weighted by Crippen LogP contribution is 2.41. The Morgan fingerprint density at radius 3 is 2.17 bits per heavy atom. The SMILES string of the molecule is COCC/C(=C/c1c(C)c(OC)c2ccccc2c1OC)C(=O)O. The molecule has 0 aliphatic heterocycles. The average molecular weight is 330 g/mol. The molecule has 0 spiro atoms. The van der Waals surface area contributed by atoms with Gasteiger partial charge in [0.1, 0.15) is 11.5 Å². The Morgan fingerprint density at radius 2 is 1.67 bits per heavy atom. The zero-order valence-corrected chi connectivity index (χ0v) is 14.4. The topological polar surface area (TPSA) is 65.0 Å². The van der Waals surface area contributed by atoms with E-state index >= 15 is 0 Å². The Morgan fingerprint density at radius 1 is 1.08 bits per heavy atom. The van der Waals surface area contributed by atoms with Crippen molar-refractivity contribution in [2.24, 2.45) is 0 Å². The van der Waals surface area contributed by atoms with Crippen molar-refractivity contribution in [3.63, 3.8) is 0 Å². The fourth-order valence-electron chi connectivity index (χ4n) is 2.80. The number of ether oxygens (including phenoxy) is 3. The number of aliphatic carboxylic acids is 1. The molecule has 0 fully saturated rings. The standard InChI is InChI=1S/C19H22O5/c1-12-16(11-13(19(20)21)9-10-22-2)18(24-4)15-8-6-5-7-14(15)17(12)23-3/h5-8,11H,9-10H2,1-4H3,(H,20,21)/b13-11-. The van der Waals surface area contributed by atoms with Gasteiger partial charge in [0.2, 0.25) is 0 Å². The number of hydrogen-bond acceptors (Lipinski definition) is 4. The van der Waals surface area contributed by atoms with Crippen LogP contribution in [0.4, 0.5) is 0 Å². The number of carboxylic acid groups (broad SMARTS) is 1. The zero-order chi connectivity index (χ0) is 17.7. The molecule has 0 heterocycles. The maximum absolute atomic E-state index is 11.5. The molecule has 128 valence electrons. The van der Waals surface area contributed by atoms with E-state index in [2.05, 4.69) is 0 Å². The van der Waals surface area contributed by atoms with Crippen molar-refractivity contribution >= 4 is 22.8 Å². The van der Waals surface area contributed by atoms with Crippen LogP contribution >= 0.6 is 0 Å². The first kappa shape index (κ1) is 17.8. The van der Waals surface area contributed by atoms with E-state index in [9.17, 15) is 9.90 Å². The van der Waals surface area contributed by atoms with Crippen LogP contribution in [0.1, 0.15) is 17.5 Å². The molecule has 0 saturated carbocycles. The van der Waals surface area contributed by atoms with Crippen LogP contribution in [0.5, 0.6) is 11.5 Å². The van der Waals surface area contributed by atoms with E-state index in [-0.39, 0.29) is 5.57 Å². The quantitative estimate of drug-likeness (QED) is 0.785. The lowest BCUT2D eigenvalue weighted by molar-refractivity contribution is -0.132. The van der Waals surface area contributed by atoms with E-state index in [1.807, 2.05) is 31.2 Å². The number of fused-ring (bicyclic) bond motifs is 1. The van der Waals surface area contributed by atoms with Gasteiger partial charge >= 0.3 is 5.97 Å². The fourth-order valence-corrected chi connectivity index (χ4v) is 2.80. The minimum atomic E-state index is -0.972. The molecule has 2 aromatic rings. The molecular formula is C19H22O5. The normalized spacial score (nSPS) is 11.6. The molecule has 0 aromatic heterocycles. The summed E-state index contributed by atoms with van der Waals surface area (Å²) in [5.74, 6) is 0.384. The second-order valence-corrected chi connectivity index (χ2v) is 5.37. The molecule has 2 rings (SSSR count). The van der Waals surface area contributed by atoms with E-state index in [0.717, 1.165) is 16.3 Å². The van der Waals surface area contributed by atoms with Crippen molar-refractivity contribution in [1.82, 2.24) is 0 Å². The molecule has 1 N–H and O–H groups in total. The van der Waals surface area contributed by atoms with Crippen LogP contribution in [0.3, 0.4) is 0 Å². The van der Waals surface area contributed by atoms with Gasteiger partial charge in [-0.15, -0.1) is 0 Å². The predicted octanol–water partition coefficient (Wildman–Crippen LogP) is 3.67. The van der Waals surface area contributed by atoms with Gasteiger partial charge in [0.05, 0.1) is 20.8 Å². The number of carbonyl (C=O) groups is 1. The number of hydrogen-bond donors (Lipinski definition) is 1. The van der Waals surface area contributed by atoms with Gasteiger partial charge in [0.15, 0.2) is 0 Å². The molecule has 0 amide bonds. The Hall–Kier alpha value is -2.53. The monoisotopic (exact) mass is 330 g/mol. The van der Waals surface area contributed by atoms with Crippen LogP contribution in [-0.4, -0.2) is 39.0 Å². The lowest BCUT2D eigenvalue weighted by atomic mass is 9.96. The van der Waals surface area contributed by atoms with Crippen molar-refractivity contribution < 1.29 is 24.1 Å². The molecule has 0 radical (unpaired) electrons. The summed E-state index contributed by atoms with van der Waals surface area (Å²) in [5.41, 5.74) is 1.81. The van der Waals surface area contributed by atoms with Gasteiger partial charge in [-0.3, -0.25) is 0 Å². The van der Waals surface area contributed by atoms with E-state index in [0.29, 0.717) is 30.1 Å². The summed E-state index contributed by atoms with van der Waals surface area (Å²) in [6.07, 6.45) is 1.95. The second kappa shape index (κ2) is 7.84. The zero-order valence-electron chi connectivity index (χ0n) is 14.4. The van der Waals surface area contributed by atoms with Crippen molar-refractivity contribution in [3.8, 4) is 11.5 Å². The number of benzene rings is 2. The highest BCUT2D eigenvalue weighted by atomic mass is 16.5. The third kappa shape index (κ3) is 3.36. The van der Waals surface area contributed by atoms with Crippen LogP contribution in [0, 0.1) is 6.92 Å². The highest BCUT2D eigenvalue weighted by molar-refractivity contribution is 6.00. The molecule has 2 aromatic carbocycles. The fraction of sp³-hybridized carbons (Fsp3) is 0.316. The summed E-state index contributed by atoms with van der Waals surface area (Å²) in [4.78, 5) is 11.5. The van der Waals surface area contributed by atoms with Crippen molar-refractivity contribution in [3.05, 3.63) is 41.0 Å². The minimum Gasteiger partial charge on any atom is -0.496 e. The summed E-state index contributed by atoms with van der Waals surface area (Å²) in [7, 11) is 4.74. The third-order valence-electron chi connectivity index (χ3n) is 3.98. The van der Waals surface area contributed by atoms with Crippen LogP contribution < -0.4 is 9.47 Å². The van der Waals surface area contributed by atoms with Crippen molar-refractivity contribution in [2.45, 2.75) is 13.3 Å². The first-order valence-corrected chi connectivity index (χ1v) is 7.61. The predicted molar refractivity (Wildman–Crippen MR) is 93.9 cm³/mol. The third-order valence-corrected chi connectivity index (χ3v) is 3.98.